The topological polar surface area (TPSA) is 54.0 Å². The molecule has 0 bridgehead atoms. The van der Waals surface area contributed by atoms with Crippen LogP contribution < -0.4 is 5.32 Å². The Morgan fingerprint density at radius 1 is 0.921 bits per heavy atom. The van der Waals surface area contributed by atoms with Crippen LogP contribution in [0.3, 0.4) is 0 Å². The fourth-order valence-corrected chi connectivity index (χ4v) is 4.13. The maximum absolute atomic E-state index is 7.00. The van der Waals surface area contributed by atoms with E-state index in [0.29, 0.717) is 18.0 Å². The highest BCUT2D eigenvalue weighted by Crippen LogP contribution is 2.19. The molecule has 2 N–H and O–H groups in total. The largest absolute Gasteiger partial charge is 0.497 e. The zero-order valence-electron chi connectivity index (χ0n) is 28.8. The predicted octanol–water partition coefficient (Wildman–Crippen LogP) is 8.73. The van der Waals surface area contributed by atoms with E-state index in [1.54, 1.807) is 21.3 Å². The van der Waals surface area contributed by atoms with Gasteiger partial charge in [-0.15, -0.1) is 0 Å². The number of nitrogens with zero attached hydrogens (tertiary/aromatic N) is 1. The molecule has 5 heteroatoms. The van der Waals surface area contributed by atoms with Crippen LogP contribution in [0.4, 0.5) is 0 Å². The van der Waals surface area contributed by atoms with Gasteiger partial charge in [0.15, 0.2) is 0 Å². The van der Waals surface area contributed by atoms with Crippen molar-refractivity contribution in [1.82, 2.24) is 10.2 Å². The van der Waals surface area contributed by atoms with Gasteiger partial charge >= 0.3 is 0 Å². The van der Waals surface area contributed by atoms with Gasteiger partial charge in [0.25, 0.3) is 0 Å². The molecule has 1 aliphatic rings. The molecule has 2 unspecified atom stereocenters. The van der Waals surface area contributed by atoms with E-state index in [2.05, 4.69) is 81.8 Å². The molecule has 0 radical (unpaired) electrons. The molecular formula is C33H74N2O3. The lowest BCUT2D eigenvalue weighted by Crippen LogP contribution is -2.46. The number of hydrogen-bond donors (Lipinski definition) is 2. The molecule has 1 heterocycles. The van der Waals surface area contributed by atoms with Gasteiger partial charge in [-0.05, 0) is 70.3 Å². The zero-order valence-corrected chi connectivity index (χ0v) is 28.8. The molecule has 2 atom stereocenters. The molecule has 38 heavy (non-hydrogen) atoms. The van der Waals surface area contributed by atoms with Gasteiger partial charge in [-0.2, -0.15) is 0 Å². The van der Waals surface area contributed by atoms with Crippen molar-refractivity contribution in [2.75, 3.05) is 48.6 Å². The van der Waals surface area contributed by atoms with Crippen LogP contribution in [0.5, 0.6) is 0 Å². The number of hydrogen-bond acceptors (Lipinski definition) is 5. The second kappa shape index (κ2) is 40.6. The Morgan fingerprint density at radius 2 is 1.37 bits per heavy atom. The molecule has 1 fully saturated rings. The molecule has 1 saturated heterocycles. The second-order valence-corrected chi connectivity index (χ2v) is 9.04. The van der Waals surface area contributed by atoms with E-state index < -0.39 is 0 Å². The first kappa shape index (κ1) is 46.9. The molecule has 5 nitrogen and oxygen atoms in total. The molecule has 1 rings (SSSR count). The van der Waals surface area contributed by atoms with Gasteiger partial charge in [-0.25, -0.2) is 0 Å². The summed E-state index contributed by atoms with van der Waals surface area (Å²) in [7, 11) is 8.06. The van der Waals surface area contributed by atoms with Crippen LogP contribution in [0, 0.1) is 11.8 Å². The second-order valence-electron chi connectivity index (χ2n) is 9.04. The molecule has 1 aliphatic heterocycles. The highest BCUT2D eigenvalue weighted by atomic mass is 16.5. The highest BCUT2D eigenvalue weighted by molar-refractivity contribution is 5.13. The summed E-state index contributed by atoms with van der Waals surface area (Å²) in [6.07, 6.45) is 17.0. The number of allylic oxidation sites excluding steroid dienone is 2. The van der Waals surface area contributed by atoms with E-state index in [1.165, 1.54) is 58.0 Å². The molecule has 0 amide bonds. The summed E-state index contributed by atoms with van der Waals surface area (Å²) in [5.74, 6) is 2.52. The lowest BCUT2D eigenvalue weighted by atomic mass is 9.96. The minimum Gasteiger partial charge on any atom is -0.497 e. The molecule has 0 aromatic rings. The van der Waals surface area contributed by atoms with Crippen molar-refractivity contribution in [3.8, 4) is 0 Å². The monoisotopic (exact) mass is 547 g/mol. The number of aliphatic hydroxyl groups excluding tert-OH is 1. The van der Waals surface area contributed by atoms with Crippen molar-refractivity contribution >= 4 is 0 Å². The van der Waals surface area contributed by atoms with Crippen molar-refractivity contribution in [2.45, 2.75) is 133 Å². The van der Waals surface area contributed by atoms with Crippen molar-refractivity contribution in [2.24, 2.45) is 11.8 Å². The third-order valence-electron chi connectivity index (χ3n) is 6.45. The first-order valence-corrected chi connectivity index (χ1v) is 15.6. The van der Waals surface area contributed by atoms with Crippen LogP contribution >= 0.6 is 0 Å². The maximum Gasteiger partial charge on any atom is 0.114 e. The molecule has 0 spiro atoms. The summed E-state index contributed by atoms with van der Waals surface area (Å²) in [6, 6.07) is 1.29. The van der Waals surface area contributed by atoms with Crippen LogP contribution in [-0.4, -0.2) is 70.7 Å². The van der Waals surface area contributed by atoms with Crippen molar-refractivity contribution in [1.29, 1.82) is 0 Å². The van der Waals surface area contributed by atoms with Gasteiger partial charge < -0.3 is 19.9 Å². The van der Waals surface area contributed by atoms with E-state index >= 15 is 0 Å². The minimum atomic E-state index is 0.538. The molecule has 0 saturated carbocycles. The van der Waals surface area contributed by atoms with Crippen LogP contribution in [0.2, 0.25) is 0 Å². The van der Waals surface area contributed by atoms with Gasteiger partial charge in [0.1, 0.15) is 5.76 Å². The summed E-state index contributed by atoms with van der Waals surface area (Å²) >= 11 is 0. The zero-order chi connectivity index (χ0) is 30.8. The normalized spacial score (nSPS) is 15.1. The molecule has 234 valence electrons. The smallest absolute Gasteiger partial charge is 0.114 e. The third kappa shape index (κ3) is 29.7. The third-order valence-corrected chi connectivity index (χ3v) is 6.45. The lowest BCUT2D eigenvalue weighted by Gasteiger charge is -2.37. The van der Waals surface area contributed by atoms with E-state index in [0.717, 1.165) is 25.2 Å². The molecule has 0 aliphatic carbocycles. The number of aliphatic hydroxyl groups is 1. The van der Waals surface area contributed by atoms with Crippen LogP contribution in [-0.2, 0) is 9.47 Å². The fourth-order valence-electron chi connectivity index (χ4n) is 4.13. The van der Waals surface area contributed by atoms with E-state index in [-0.39, 0.29) is 0 Å². The number of rotatable bonds is 12. The summed E-state index contributed by atoms with van der Waals surface area (Å²) in [5.41, 5.74) is 0. The van der Waals surface area contributed by atoms with Gasteiger partial charge in [0.05, 0.1) is 7.11 Å². The average Bonchev–Trinajstić information content (AvgIpc) is 2.98. The summed E-state index contributed by atoms with van der Waals surface area (Å²) in [5, 5.41) is 10.4. The summed E-state index contributed by atoms with van der Waals surface area (Å²) in [6.45, 7) is 24.0. The standard InChI is InChI=1S/C17H32N2O.C9H20.C2H6O.2C2H6.CH4O/c1-6-7-17(20-5)9-8-14(2)15(3)19-12-10-16(18-4)11-13-19;1-4-7-9(6-3)8-5-2;1-3-2;3*1-2/h7-9,14-16,18H,6,10-13H2,1-5H3;9H,4-8H2,1-3H3;1-2H3;2*1-2H3;2H,1H3/b9-8-,17-7+;;;;;. The molecular weight excluding hydrogens is 472 g/mol. The van der Waals surface area contributed by atoms with Crippen molar-refractivity contribution < 1.29 is 14.6 Å². The minimum absolute atomic E-state index is 0.538. The van der Waals surface area contributed by atoms with Crippen LogP contribution in [0.1, 0.15) is 121 Å². The number of methoxy groups -OCH3 is 2. The lowest BCUT2D eigenvalue weighted by molar-refractivity contribution is 0.133. The van der Waals surface area contributed by atoms with Crippen molar-refractivity contribution in [3.05, 3.63) is 24.0 Å². The molecule has 0 aromatic carbocycles. The number of ether oxygens (including phenoxy) is 2. The summed E-state index contributed by atoms with van der Waals surface area (Å²) < 4.78 is 9.60. The Kier molecular flexibility index (Phi) is 50.2. The maximum atomic E-state index is 7.00. The Balaban J connectivity index is -0.000000168. The van der Waals surface area contributed by atoms with Gasteiger partial charge in [0.2, 0.25) is 0 Å². The average molecular weight is 547 g/mol. The van der Waals surface area contributed by atoms with E-state index in [4.69, 9.17) is 9.84 Å². The molecule has 0 aromatic heterocycles. The Hall–Kier alpha value is -0.880. The van der Waals surface area contributed by atoms with Gasteiger partial charge in [-0.3, -0.25) is 4.90 Å². The van der Waals surface area contributed by atoms with E-state index in [1.807, 2.05) is 27.7 Å². The SMILES string of the molecule is CC.CC.CC/C=C(\C=C/C(C)C(C)N1CCC(NC)CC1)OC.CCCC(CC)CCC.CO.COC. The predicted molar refractivity (Wildman–Crippen MR) is 174 cm³/mol. The Labute approximate surface area is 241 Å². The number of piperidine rings is 1. The Bertz CT molecular complexity index is 442. The first-order valence-electron chi connectivity index (χ1n) is 15.6. The fraction of sp³-hybridized carbons (Fsp3) is 0.879. The quantitative estimate of drug-likeness (QED) is 0.189. The van der Waals surface area contributed by atoms with Crippen LogP contribution in [0.15, 0.2) is 24.0 Å². The van der Waals surface area contributed by atoms with Crippen molar-refractivity contribution in [3.63, 3.8) is 0 Å². The summed E-state index contributed by atoms with van der Waals surface area (Å²) in [4.78, 5) is 2.61. The number of nitrogens with one attached hydrogen (secondary N) is 1. The highest BCUT2D eigenvalue weighted by Gasteiger charge is 2.23. The Morgan fingerprint density at radius 3 is 1.68 bits per heavy atom. The van der Waals surface area contributed by atoms with Crippen LogP contribution in [0.25, 0.3) is 0 Å². The van der Waals surface area contributed by atoms with Gasteiger partial charge in [-0.1, -0.05) is 100 Å². The van der Waals surface area contributed by atoms with E-state index in [9.17, 15) is 0 Å². The number of likely N-dealkylation sites (tertiary alicyclic amines) is 1. The first-order chi connectivity index (χ1) is 18.4. The van der Waals surface area contributed by atoms with Gasteiger partial charge in [0, 0.05) is 33.4 Å².